The van der Waals surface area contributed by atoms with Gasteiger partial charge in [0.2, 0.25) is 0 Å². The first-order valence-corrected chi connectivity index (χ1v) is 25.7. The molecule has 1 saturated heterocycles. The lowest BCUT2D eigenvalue weighted by molar-refractivity contribution is 0.0479. The molecule has 0 aliphatic carbocycles. The topological polar surface area (TPSA) is 177 Å². The van der Waals surface area contributed by atoms with Gasteiger partial charge in [0.25, 0.3) is 5.91 Å². The number of piperazine rings is 1. The van der Waals surface area contributed by atoms with Crippen LogP contribution in [0.1, 0.15) is 40.0 Å². The molecular weight excluding hydrogens is 954 g/mol. The average molecular weight is 1020 g/mol. The van der Waals surface area contributed by atoms with E-state index in [1.165, 1.54) is 16.9 Å². The van der Waals surface area contributed by atoms with E-state index < -0.39 is 6.10 Å². The minimum Gasteiger partial charge on any atom is -0.491 e. The molecule has 6 rings (SSSR count). The number of nitrogens with zero attached hydrogens (tertiary/aromatic N) is 5. The molecule has 3 heterocycles. The highest BCUT2D eigenvalue weighted by Crippen LogP contribution is 2.33. The highest BCUT2D eigenvalue weighted by molar-refractivity contribution is 7.17. The molecule has 386 valence electrons. The van der Waals surface area contributed by atoms with Gasteiger partial charge in [-0.15, -0.1) is 0 Å². The number of nitrogens with one attached hydrogen (secondary N) is 4. The van der Waals surface area contributed by atoms with E-state index in [1.54, 1.807) is 18.3 Å². The van der Waals surface area contributed by atoms with E-state index >= 15 is 0 Å². The van der Waals surface area contributed by atoms with E-state index in [0.717, 1.165) is 75.6 Å². The van der Waals surface area contributed by atoms with Crippen LogP contribution in [0.4, 0.5) is 22.5 Å². The number of aliphatic hydroxyl groups excluding tert-OH is 1. The molecule has 0 radical (unpaired) electrons. The standard InChI is InChI=1S/C54H70ClN9O7S/c1-5-7-14-42(6-2)38-71-47-20-19-45(34-48(47)69-29-12-17-43-15-9-8-10-16-43)70-39-44(65)36-57-23-31-68-33-32-67-30-22-56-21-24-63-25-27-64(28-26-63)51-35-50(59-41(4)60-51)61-54-58-37-49(72-54)53(66)62-52-40(3)13-11-18-46(52)55/h5-11,13-16,18-20,34-35,37,44,56-57,65H,1,12,17,21-33,36,38-39H2,2-4H3,(H,62,66)(H,58,59,60,61)/b14-7-,42-6+/t44-/m1/s1. The first-order chi connectivity index (χ1) is 35.2. The fraction of sp³-hybridized carbons (Fsp3) is 0.407. The van der Waals surface area contributed by atoms with Crippen molar-refractivity contribution in [3.8, 4) is 17.2 Å². The predicted molar refractivity (Wildman–Crippen MR) is 289 cm³/mol. The van der Waals surface area contributed by atoms with Crippen LogP contribution in [0.15, 0.2) is 115 Å². The van der Waals surface area contributed by atoms with Crippen molar-refractivity contribution in [2.45, 2.75) is 39.7 Å². The van der Waals surface area contributed by atoms with Crippen LogP contribution in [-0.4, -0.2) is 142 Å². The molecule has 18 heteroatoms. The molecule has 1 atom stereocenters. The molecule has 72 heavy (non-hydrogen) atoms. The van der Waals surface area contributed by atoms with E-state index in [0.29, 0.717) is 102 Å². The summed E-state index contributed by atoms with van der Waals surface area (Å²) in [6.45, 7) is 19.7. The van der Waals surface area contributed by atoms with Gasteiger partial charge in [0.15, 0.2) is 16.6 Å². The summed E-state index contributed by atoms with van der Waals surface area (Å²) in [5.41, 5.74) is 3.75. The third-order valence-corrected chi connectivity index (χ3v) is 12.7. The summed E-state index contributed by atoms with van der Waals surface area (Å²) in [6, 6.07) is 23.2. The summed E-state index contributed by atoms with van der Waals surface area (Å²) < 4.78 is 29.8. The number of para-hydroxylation sites is 1. The SMILES string of the molecule is C=C/C=C\C(=C/C)COc1ccc(OC[C@H](O)CNCCOCCOCCNCCN2CCN(c3cc(Nc4ncc(C(=O)Nc5c(C)cccc5Cl)s4)nc(C)n3)CC2)cc1OCCCc1ccccc1. The lowest BCUT2D eigenvalue weighted by Gasteiger charge is -2.35. The quantitative estimate of drug-likeness (QED) is 0.0206. The molecule has 1 aliphatic rings. The Kier molecular flexibility index (Phi) is 23.8. The molecule has 1 amide bonds. The summed E-state index contributed by atoms with van der Waals surface area (Å²) >= 11 is 7.55. The molecule has 1 fully saturated rings. The van der Waals surface area contributed by atoms with Crippen LogP contribution in [0.25, 0.3) is 0 Å². The summed E-state index contributed by atoms with van der Waals surface area (Å²) in [5, 5.41) is 24.5. The Labute approximate surface area is 433 Å². The number of allylic oxidation sites excluding steroid dienone is 3. The van der Waals surface area contributed by atoms with Crippen LogP contribution >= 0.6 is 22.9 Å². The number of thiazole rings is 1. The Hall–Kier alpha value is -5.89. The second-order valence-corrected chi connectivity index (χ2v) is 18.4. The molecule has 1 aliphatic heterocycles. The number of hydrogen-bond donors (Lipinski definition) is 5. The third-order valence-electron chi connectivity index (χ3n) is 11.4. The van der Waals surface area contributed by atoms with Gasteiger partial charge in [0.1, 0.15) is 47.4 Å². The Morgan fingerprint density at radius 1 is 0.889 bits per heavy atom. The van der Waals surface area contributed by atoms with Gasteiger partial charge >= 0.3 is 0 Å². The number of amides is 1. The van der Waals surface area contributed by atoms with Crippen molar-refractivity contribution in [3.63, 3.8) is 0 Å². The third kappa shape index (κ3) is 19.3. The zero-order valence-electron chi connectivity index (χ0n) is 41.7. The minimum atomic E-state index is -0.711. The van der Waals surface area contributed by atoms with Crippen molar-refractivity contribution < 1.29 is 33.6 Å². The molecule has 0 spiro atoms. The fourth-order valence-electron chi connectivity index (χ4n) is 7.48. The number of rotatable bonds is 32. The molecule has 5 aromatic rings. The number of aryl methyl sites for hydroxylation is 3. The van der Waals surface area contributed by atoms with Crippen LogP contribution in [0.2, 0.25) is 5.02 Å². The van der Waals surface area contributed by atoms with Crippen molar-refractivity contribution in [2.75, 3.05) is 121 Å². The molecule has 5 N–H and O–H groups in total. The number of benzene rings is 3. The zero-order valence-corrected chi connectivity index (χ0v) is 43.3. The molecule has 0 bridgehead atoms. The van der Waals surface area contributed by atoms with E-state index in [1.807, 2.05) is 93.6 Å². The Morgan fingerprint density at radius 2 is 1.68 bits per heavy atom. The Morgan fingerprint density at radius 3 is 2.44 bits per heavy atom. The van der Waals surface area contributed by atoms with Crippen LogP contribution in [0.5, 0.6) is 17.2 Å². The normalized spacial score (nSPS) is 13.6. The van der Waals surface area contributed by atoms with E-state index in [2.05, 4.69) is 59.7 Å². The van der Waals surface area contributed by atoms with Gasteiger partial charge < -0.3 is 55.0 Å². The molecule has 0 saturated carbocycles. The van der Waals surface area contributed by atoms with E-state index in [9.17, 15) is 9.90 Å². The number of carbonyl (C=O) groups is 1. The van der Waals surface area contributed by atoms with E-state index in [4.69, 9.17) is 40.3 Å². The number of hydrogen-bond acceptors (Lipinski definition) is 16. The maximum Gasteiger partial charge on any atom is 0.267 e. The Balaban J connectivity index is 0.778. The highest BCUT2D eigenvalue weighted by Gasteiger charge is 2.20. The van der Waals surface area contributed by atoms with Gasteiger partial charge in [-0.2, -0.15) is 0 Å². The number of aromatic nitrogens is 3. The van der Waals surface area contributed by atoms with Gasteiger partial charge in [-0.3, -0.25) is 9.69 Å². The van der Waals surface area contributed by atoms with Crippen LogP contribution in [0.3, 0.4) is 0 Å². The van der Waals surface area contributed by atoms with Gasteiger partial charge in [0.05, 0.1) is 49.9 Å². The lowest BCUT2D eigenvalue weighted by Crippen LogP contribution is -2.48. The minimum absolute atomic E-state index is 0.119. The summed E-state index contributed by atoms with van der Waals surface area (Å²) in [5.74, 6) is 3.66. The number of anilines is 4. The van der Waals surface area contributed by atoms with Crippen molar-refractivity contribution in [3.05, 3.63) is 142 Å². The van der Waals surface area contributed by atoms with Gasteiger partial charge in [0, 0.05) is 71.0 Å². The van der Waals surface area contributed by atoms with Gasteiger partial charge in [-0.05, 0) is 68.5 Å². The molecule has 2 aromatic heterocycles. The first-order valence-electron chi connectivity index (χ1n) is 24.5. The summed E-state index contributed by atoms with van der Waals surface area (Å²) in [6.07, 6.45) is 10.2. The molecular formula is C54H70ClN9O7S. The predicted octanol–water partition coefficient (Wildman–Crippen LogP) is 8.05. The first kappa shape index (κ1) is 55.4. The molecule has 3 aromatic carbocycles. The zero-order chi connectivity index (χ0) is 50.8. The lowest BCUT2D eigenvalue weighted by atomic mass is 10.1. The Bertz CT molecular complexity index is 2470. The number of carbonyl (C=O) groups excluding carboxylic acids is 1. The van der Waals surface area contributed by atoms with Gasteiger partial charge in [-0.25, -0.2) is 15.0 Å². The second kappa shape index (κ2) is 30.9. The van der Waals surface area contributed by atoms with Crippen molar-refractivity contribution in [1.82, 2.24) is 30.5 Å². The smallest absolute Gasteiger partial charge is 0.267 e. The average Bonchev–Trinajstić information content (AvgIpc) is 3.86. The van der Waals surface area contributed by atoms with Crippen molar-refractivity contribution >= 4 is 51.3 Å². The number of ether oxygens (including phenoxy) is 5. The molecule has 16 nitrogen and oxygen atoms in total. The fourth-order valence-corrected chi connectivity index (χ4v) is 8.46. The van der Waals surface area contributed by atoms with Crippen molar-refractivity contribution in [2.24, 2.45) is 0 Å². The maximum absolute atomic E-state index is 12.9. The highest BCUT2D eigenvalue weighted by atomic mass is 35.5. The number of halogens is 1. The van der Waals surface area contributed by atoms with E-state index in [-0.39, 0.29) is 12.5 Å². The van der Waals surface area contributed by atoms with Crippen LogP contribution in [0, 0.1) is 13.8 Å². The monoisotopic (exact) mass is 1020 g/mol. The number of aliphatic hydroxyl groups is 1. The van der Waals surface area contributed by atoms with Gasteiger partial charge in [-0.1, -0.05) is 96.3 Å². The summed E-state index contributed by atoms with van der Waals surface area (Å²) in [7, 11) is 0. The van der Waals surface area contributed by atoms with Crippen LogP contribution in [-0.2, 0) is 15.9 Å². The largest absolute Gasteiger partial charge is 0.491 e. The molecule has 0 unspecified atom stereocenters. The maximum atomic E-state index is 12.9. The second-order valence-electron chi connectivity index (χ2n) is 17.0. The van der Waals surface area contributed by atoms with Crippen molar-refractivity contribution in [1.29, 1.82) is 0 Å². The summed E-state index contributed by atoms with van der Waals surface area (Å²) in [4.78, 5) is 31.8. The van der Waals surface area contributed by atoms with Crippen LogP contribution < -0.4 is 40.4 Å².